The van der Waals surface area contributed by atoms with Gasteiger partial charge in [0.2, 0.25) is 5.82 Å². The summed E-state index contributed by atoms with van der Waals surface area (Å²) in [6.07, 6.45) is 1.35. The van der Waals surface area contributed by atoms with Gasteiger partial charge in [0, 0.05) is 5.56 Å². The quantitative estimate of drug-likeness (QED) is 0.786. The Kier molecular flexibility index (Phi) is 2.63. The Morgan fingerprint density at radius 3 is 2.94 bits per heavy atom. The van der Waals surface area contributed by atoms with Crippen LogP contribution in [0.5, 0.6) is 0 Å². The fourth-order valence-corrected chi connectivity index (χ4v) is 1.76. The molecule has 0 saturated carbocycles. The zero-order chi connectivity index (χ0) is 12.5. The third kappa shape index (κ3) is 1.90. The number of benzene rings is 1. The second-order valence-electron chi connectivity index (χ2n) is 3.39. The van der Waals surface area contributed by atoms with Crippen LogP contribution < -0.4 is 0 Å². The molecule has 0 aliphatic rings. The van der Waals surface area contributed by atoms with E-state index >= 15 is 0 Å². The van der Waals surface area contributed by atoms with E-state index in [4.69, 9.17) is 4.52 Å². The summed E-state index contributed by atoms with van der Waals surface area (Å²) >= 11 is 3.10. The molecule has 3 rings (SSSR count). The van der Waals surface area contributed by atoms with Gasteiger partial charge in [0.05, 0.1) is 4.47 Å². The predicted molar refractivity (Wildman–Crippen MR) is 62.8 cm³/mol. The lowest BCUT2D eigenvalue weighted by Crippen LogP contribution is -1.84. The van der Waals surface area contributed by atoms with Crippen LogP contribution in [0.4, 0.5) is 4.39 Å². The smallest absolute Gasteiger partial charge is 0.258 e. The van der Waals surface area contributed by atoms with Crippen LogP contribution in [-0.2, 0) is 0 Å². The van der Waals surface area contributed by atoms with Gasteiger partial charge >= 0.3 is 0 Å². The topological polar surface area (TPSA) is 80.5 Å². The molecule has 0 fully saturated rings. The largest absolute Gasteiger partial charge is 0.333 e. The van der Waals surface area contributed by atoms with Gasteiger partial charge in [-0.1, -0.05) is 5.16 Å². The van der Waals surface area contributed by atoms with Gasteiger partial charge in [0.15, 0.2) is 5.82 Å². The van der Waals surface area contributed by atoms with Crippen LogP contribution in [0.2, 0.25) is 0 Å². The van der Waals surface area contributed by atoms with Crippen LogP contribution in [0.1, 0.15) is 0 Å². The molecular formula is C10H5BrFN5O. The number of nitrogens with zero attached hydrogens (tertiary/aromatic N) is 4. The number of halogens is 2. The first kappa shape index (κ1) is 11.0. The molecule has 0 spiro atoms. The number of nitrogens with one attached hydrogen (secondary N) is 1. The Balaban J connectivity index is 2.00. The summed E-state index contributed by atoms with van der Waals surface area (Å²) in [4.78, 5) is 8.04. The lowest BCUT2D eigenvalue weighted by atomic mass is 10.2. The minimum absolute atomic E-state index is 0.280. The molecule has 2 aromatic heterocycles. The van der Waals surface area contributed by atoms with Gasteiger partial charge in [-0.3, -0.25) is 5.10 Å². The SMILES string of the molecule is Fc1ccc(-c2nc(-c3ncn[nH]3)no2)cc1Br. The summed E-state index contributed by atoms with van der Waals surface area (Å²) in [6.45, 7) is 0. The van der Waals surface area contributed by atoms with Crippen molar-refractivity contribution in [2.75, 3.05) is 0 Å². The zero-order valence-corrected chi connectivity index (χ0v) is 10.3. The summed E-state index contributed by atoms with van der Waals surface area (Å²) in [5, 5.41) is 10.1. The monoisotopic (exact) mass is 309 g/mol. The molecule has 8 heteroatoms. The first-order chi connectivity index (χ1) is 8.74. The summed E-state index contributed by atoms with van der Waals surface area (Å²) in [5.74, 6) is 0.630. The van der Waals surface area contributed by atoms with Crippen LogP contribution in [-0.4, -0.2) is 25.3 Å². The highest BCUT2D eigenvalue weighted by molar-refractivity contribution is 9.10. The first-order valence-corrected chi connectivity index (χ1v) is 5.68. The maximum Gasteiger partial charge on any atom is 0.258 e. The van der Waals surface area contributed by atoms with E-state index < -0.39 is 0 Å². The Bertz CT molecular complexity index is 681. The second kappa shape index (κ2) is 4.30. The number of hydrogen-bond donors (Lipinski definition) is 1. The molecule has 90 valence electrons. The van der Waals surface area contributed by atoms with Crippen molar-refractivity contribution >= 4 is 15.9 Å². The van der Waals surface area contributed by atoms with E-state index in [1.807, 2.05) is 0 Å². The fraction of sp³-hybridized carbons (Fsp3) is 0. The van der Waals surface area contributed by atoms with Gasteiger partial charge < -0.3 is 4.52 Å². The molecule has 0 aliphatic carbocycles. The number of aromatic amines is 1. The van der Waals surface area contributed by atoms with Gasteiger partial charge in [-0.25, -0.2) is 9.37 Å². The lowest BCUT2D eigenvalue weighted by Gasteiger charge is -1.96. The Morgan fingerprint density at radius 2 is 2.22 bits per heavy atom. The molecule has 2 heterocycles. The van der Waals surface area contributed by atoms with Crippen LogP contribution in [0, 0.1) is 5.82 Å². The molecule has 0 saturated heterocycles. The van der Waals surface area contributed by atoms with Crippen molar-refractivity contribution in [1.29, 1.82) is 0 Å². The van der Waals surface area contributed by atoms with E-state index in [9.17, 15) is 4.39 Å². The number of rotatable bonds is 2. The molecule has 0 unspecified atom stereocenters. The molecule has 1 aromatic carbocycles. The minimum Gasteiger partial charge on any atom is -0.333 e. The summed E-state index contributed by atoms with van der Waals surface area (Å²) in [6, 6.07) is 4.43. The van der Waals surface area contributed by atoms with Crippen LogP contribution in [0.25, 0.3) is 23.1 Å². The minimum atomic E-state index is -0.353. The molecule has 0 amide bonds. The Labute approximate surface area is 108 Å². The highest BCUT2D eigenvalue weighted by Crippen LogP contribution is 2.25. The highest BCUT2D eigenvalue weighted by Gasteiger charge is 2.13. The number of aromatic nitrogens is 5. The van der Waals surface area contributed by atoms with Gasteiger partial charge in [-0.05, 0) is 34.1 Å². The molecule has 0 atom stereocenters. The summed E-state index contributed by atoms with van der Waals surface area (Å²) < 4.78 is 18.5. The van der Waals surface area contributed by atoms with Crippen molar-refractivity contribution in [3.63, 3.8) is 0 Å². The normalized spacial score (nSPS) is 10.8. The third-order valence-corrected chi connectivity index (χ3v) is 2.83. The lowest BCUT2D eigenvalue weighted by molar-refractivity contribution is 0.432. The van der Waals surface area contributed by atoms with Crippen molar-refractivity contribution < 1.29 is 8.91 Å². The van der Waals surface area contributed by atoms with Crippen LogP contribution in [0.15, 0.2) is 33.5 Å². The van der Waals surface area contributed by atoms with E-state index in [0.717, 1.165) is 0 Å². The van der Waals surface area contributed by atoms with E-state index in [2.05, 4.69) is 41.3 Å². The molecule has 3 aromatic rings. The van der Waals surface area contributed by atoms with Crippen molar-refractivity contribution in [3.05, 3.63) is 34.8 Å². The van der Waals surface area contributed by atoms with E-state index in [1.165, 1.54) is 12.4 Å². The fourth-order valence-electron chi connectivity index (χ4n) is 1.38. The maximum atomic E-state index is 13.1. The van der Waals surface area contributed by atoms with Crippen molar-refractivity contribution in [3.8, 4) is 23.1 Å². The van der Waals surface area contributed by atoms with Crippen LogP contribution >= 0.6 is 15.9 Å². The highest BCUT2D eigenvalue weighted by atomic mass is 79.9. The second-order valence-corrected chi connectivity index (χ2v) is 4.24. The summed E-state index contributed by atoms with van der Waals surface area (Å²) in [5.41, 5.74) is 0.613. The van der Waals surface area contributed by atoms with Gasteiger partial charge in [-0.15, -0.1) is 0 Å². The average Bonchev–Trinajstić information content (AvgIpc) is 3.01. The van der Waals surface area contributed by atoms with E-state index in [-0.39, 0.29) is 11.7 Å². The molecule has 0 bridgehead atoms. The Hall–Kier alpha value is -2.09. The van der Waals surface area contributed by atoms with Gasteiger partial charge in [0.25, 0.3) is 5.89 Å². The molecule has 6 nitrogen and oxygen atoms in total. The Morgan fingerprint density at radius 1 is 1.33 bits per heavy atom. The summed E-state index contributed by atoms with van der Waals surface area (Å²) in [7, 11) is 0. The van der Waals surface area contributed by atoms with Gasteiger partial charge in [0.1, 0.15) is 12.1 Å². The molecule has 0 aliphatic heterocycles. The maximum absolute atomic E-state index is 13.1. The van der Waals surface area contributed by atoms with Crippen molar-refractivity contribution in [2.45, 2.75) is 0 Å². The molecule has 0 radical (unpaired) electrons. The van der Waals surface area contributed by atoms with E-state index in [0.29, 0.717) is 21.7 Å². The standard InChI is InChI=1S/C10H5BrFN5O/c11-6-3-5(1-2-7(6)12)10-15-9(17-18-10)8-13-4-14-16-8/h1-4H,(H,13,14,16). The molecule has 18 heavy (non-hydrogen) atoms. The average molecular weight is 310 g/mol. The number of H-pyrrole nitrogens is 1. The predicted octanol–water partition coefficient (Wildman–Crippen LogP) is 2.42. The first-order valence-electron chi connectivity index (χ1n) is 4.89. The van der Waals surface area contributed by atoms with Crippen LogP contribution in [0.3, 0.4) is 0 Å². The zero-order valence-electron chi connectivity index (χ0n) is 8.76. The third-order valence-electron chi connectivity index (χ3n) is 2.22. The van der Waals surface area contributed by atoms with Crippen molar-refractivity contribution in [2.24, 2.45) is 0 Å². The van der Waals surface area contributed by atoms with Gasteiger partial charge in [-0.2, -0.15) is 10.1 Å². The molecule has 1 N–H and O–H groups in total. The van der Waals surface area contributed by atoms with E-state index in [1.54, 1.807) is 12.1 Å². The van der Waals surface area contributed by atoms with Crippen molar-refractivity contribution in [1.82, 2.24) is 25.3 Å². The molecular weight excluding hydrogens is 305 g/mol. The number of hydrogen-bond acceptors (Lipinski definition) is 5.